The summed E-state index contributed by atoms with van der Waals surface area (Å²) in [5, 5.41) is 0. The van der Waals surface area contributed by atoms with Crippen LogP contribution in [0.4, 0.5) is 0 Å². The van der Waals surface area contributed by atoms with E-state index < -0.39 is 0 Å². The molecule has 0 amide bonds. The Morgan fingerprint density at radius 1 is 1.27 bits per heavy atom. The molecule has 2 heteroatoms. The van der Waals surface area contributed by atoms with Gasteiger partial charge in [0.05, 0.1) is 0 Å². The molecule has 22 heavy (non-hydrogen) atoms. The quantitative estimate of drug-likeness (QED) is 0.411. The Morgan fingerprint density at radius 3 is 2.64 bits per heavy atom. The van der Waals surface area contributed by atoms with Crippen LogP contribution in [-0.4, -0.2) is 12.6 Å². The molecular formula is C20H30O2. The predicted octanol–water partition coefficient (Wildman–Crippen LogP) is 4.89. The average molecular weight is 302 g/mol. The van der Waals surface area contributed by atoms with E-state index in [2.05, 4.69) is 27.4 Å². The fraction of sp³-hybridized carbons (Fsp3) is 0.700. The molecule has 0 N–H and O–H groups in total. The number of aldehydes is 2. The predicted molar refractivity (Wildman–Crippen MR) is 90.5 cm³/mol. The summed E-state index contributed by atoms with van der Waals surface area (Å²) in [7, 11) is 0. The lowest BCUT2D eigenvalue weighted by molar-refractivity contribution is -0.109. The van der Waals surface area contributed by atoms with Crippen LogP contribution in [0.5, 0.6) is 0 Å². The summed E-state index contributed by atoms with van der Waals surface area (Å²) in [6, 6.07) is 0. The molecule has 0 aromatic carbocycles. The second kappa shape index (κ2) is 6.52. The third-order valence-electron chi connectivity index (χ3n) is 6.41. The Balaban J connectivity index is 2.26. The lowest BCUT2D eigenvalue weighted by Gasteiger charge is -2.58. The number of carbonyl (C=O) groups is 2. The van der Waals surface area contributed by atoms with E-state index in [0.29, 0.717) is 16.9 Å². The first-order valence-corrected chi connectivity index (χ1v) is 8.60. The van der Waals surface area contributed by atoms with E-state index in [4.69, 9.17) is 0 Å². The summed E-state index contributed by atoms with van der Waals surface area (Å²) in [6.07, 6.45) is 10.9. The van der Waals surface area contributed by atoms with Crippen molar-refractivity contribution in [2.75, 3.05) is 0 Å². The van der Waals surface area contributed by atoms with Crippen LogP contribution in [0, 0.1) is 22.7 Å². The molecule has 0 aliphatic heterocycles. The molecular weight excluding hydrogens is 272 g/mol. The molecule has 122 valence electrons. The van der Waals surface area contributed by atoms with Crippen LogP contribution in [0.1, 0.15) is 65.7 Å². The largest absolute Gasteiger partial charge is 0.303 e. The van der Waals surface area contributed by atoms with Crippen LogP contribution >= 0.6 is 0 Å². The standard InChI is InChI=1S/C20H30O2/c1-15-6-9-18-19(2,3)11-5-12-20(18,4)17(15)8-7-16(14-22)10-13-21/h7,13-14,17-18H,1,5-6,8-12H2,2-4H3/b16-7+/t17-,18?,20+/m0/s1. The van der Waals surface area contributed by atoms with Gasteiger partial charge in [0, 0.05) is 6.42 Å². The zero-order valence-corrected chi connectivity index (χ0v) is 14.4. The van der Waals surface area contributed by atoms with Gasteiger partial charge in [-0.15, -0.1) is 0 Å². The third-order valence-corrected chi connectivity index (χ3v) is 6.41. The van der Waals surface area contributed by atoms with E-state index in [1.165, 1.54) is 31.3 Å². The average Bonchev–Trinajstić information content (AvgIpc) is 2.44. The summed E-state index contributed by atoms with van der Waals surface area (Å²) in [4.78, 5) is 21.7. The monoisotopic (exact) mass is 302 g/mol. The summed E-state index contributed by atoms with van der Waals surface area (Å²) < 4.78 is 0. The van der Waals surface area contributed by atoms with Crippen LogP contribution < -0.4 is 0 Å². The smallest absolute Gasteiger partial charge is 0.146 e. The number of rotatable bonds is 5. The number of carbonyl (C=O) groups excluding carboxylic acids is 2. The van der Waals surface area contributed by atoms with E-state index in [1.54, 1.807) is 0 Å². The van der Waals surface area contributed by atoms with Crippen molar-refractivity contribution in [2.45, 2.75) is 65.7 Å². The fourth-order valence-electron chi connectivity index (χ4n) is 5.25. The number of hydrogen-bond acceptors (Lipinski definition) is 2. The van der Waals surface area contributed by atoms with Crippen molar-refractivity contribution in [3.05, 3.63) is 23.8 Å². The maximum absolute atomic E-state index is 11.1. The van der Waals surface area contributed by atoms with Crippen molar-refractivity contribution in [1.29, 1.82) is 0 Å². The van der Waals surface area contributed by atoms with Crippen molar-refractivity contribution >= 4 is 12.6 Å². The van der Waals surface area contributed by atoms with Gasteiger partial charge in [-0.1, -0.05) is 45.4 Å². The van der Waals surface area contributed by atoms with Crippen LogP contribution in [0.2, 0.25) is 0 Å². The lowest BCUT2D eigenvalue weighted by atomic mass is 9.47. The molecule has 2 rings (SSSR count). The normalized spacial score (nSPS) is 34.9. The van der Waals surface area contributed by atoms with Gasteiger partial charge in [0.2, 0.25) is 0 Å². The Hall–Kier alpha value is -1.18. The van der Waals surface area contributed by atoms with E-state index in [1.807, 2.05) is 6.08 Å². The first kappa shape index (κ1) is 17.2. The first-order chi connectivity index (χ1) is 10.3. The molecule has 0 radical (unpaired) electrons. The van der Waals surface area contributed by atoms with Crippen molar-refractivity contribution in [3.63, 3.8) is 0 Å². The number of allylic oxidation sites excluding steroid dienone is 3. The Kier molecular flexibility index (Phi) is 5.09. The van der Waals surface area contributed by atoms with Crippen LogP contribution in [0.25, 0.3) is 0 Å². The van der Waals surface area contributed by atoms with Crippen molar-refractivity contribution in [2.24, 2.45) is 22.7 Å². The molecule has 1 unspecified atom stereocenters. The fourth-order valence-corrected chi connectivity index (χ4v) is 5.25. The van der Waals surface area contributed by atoms with Crippen molar-refractivity contribution < 1.29 is 9.59 Å². The highest BCUT2D eigenvalue weighted by Crippen LogP contribution is 2.61. The van der Waals surface area contributed by atoms with Crippen LogP contribution in [-0.2, 0) is 9.59 Å². The summed E-state index contributed by atoms with van der Waals surface area (Å²) in [6.45, 7) is 11.6. The van der Waals surface area contributed by atoms with Crippen LogP contribution in [0.15, 0.2) is 23.8 Å². The molecule has 2 fully saturated rings. The highest BCUT2D eigenvalue weighted by atomic mass is 16.1. The zero-order valence-electron chi connectivity index (χ0n) is 14.4. The van der Waals surface area contributed by atoms with E-state index in [-0.39, 0.29) is 11.8 Å². The van der Waals surface area contributed by atoms with Gasteiger partial charge in [-0.2, -0.15) is 0 Å². The van der Waals surface area contributed by atoms with Gasteiger partial charge in [0.25, 0.3) is 0 Å². The second-order valence-corrected chi connectivity index (χ2v) is 8.15. The molecule has 0 spiro atoms. The van der Waals surface area contributed by atoms with Gasteiger partial charge in [-0.25, -0.2) is 0 Å². The Morgan fingerprint density at radius 2 is 2.00 bits per heavy atom. The zero-order chi connectivity index (χ0) is 16.4. The van der Waals surface area contributed by atoms with Crippen molar-refractivity contribution in [3.8, 4) is 0 Å². The van der Waals surface area contributed by atoms with Gasteiger partial charge < -0.3 is 4.79 Å². The number of fused-ring (bicyclic) bond motifs is 1. The highest BCUT2D eigenvalue weighted by molar-refractivity contribution is 5.78. The highest BCUT2D eigenvalue weighted by Gasteiger charge is 2.52. The molecule has 0 heterocycles. The van der Waals surface area contributed by atoms with Gasteiger partial charge in [-0.3, -0.25) is 4.79 Å². The molecule has 0 aromatic heterocycles. The maximum atomic E-state index is 11.1. The lowest BCUT2D eigenvalue weighted by Crippen LogP contribution is -2.49. The molecule has 0 aromatic rings. The van der Waals surface area contributed by atoms with Gasteiger partial charge in [0.1, 0.15) is 12.6 Å². The Labute approximate surface area is 135 Å². The maximum Gasteiger partial charge on any atom is 0.146 e. The Bertz CT molecular complexity index is 486. The SMILES string of the molecule is C=C1CCC2C(C)(C)CCC[C@]2(C)[C@H]1C/C=C(/C=O)CC=O. The van der Waals surface area contributed by atoms with E-state index in [9.17, 15) is 9.59 Å². The third kappa shape index (κ3) is 3.11. The summed E-state index contributed by atoms with van der Waals surface area (Å²) >= 11 is 0. The number of hydrogen-bond donors (Lipinski definition) is 0. The molecule has 2 aliphatic rings. The van der Waals surface area contributed by atoms with Crippen molar-refractivity contribution in [1.82, 2.24) is 0 Å². The summed E-state index contributed by atoms with van der Waals surface area (Å²) in [5.74, 6) is 1.16. The molecule has 2 nitrogen and oxygen atoms in total. The minimum Gasteiger partial charge on any atom is -0.303 e. The molecule has 0 saturated heterocycles. The van der Waals surface area contributed by atoms with E-state index >= 15 is 0 Å². The molecule has 2 aliphatic carbocycles. The molecule has 0 bridgehead atoms. The van der Waals surface area contributed by atoms with Crippen LogP contribution in [0.3, 0.4) is 0 Å². The van der Waals surface area contributed by atoms with Gasteiger partial charge >= 0.3 is 0 Å². The molecule has 3 atom stereocenters. The molecule has 2 saturated carbocycles. The second-order valence-electron chi connectivity index (χ2n) is 8.15. The van der Waals surface area contributed by atoms with Gasteiger partial charge in [-0.05, 0) is 60.3 Å². The topological polar surface area (TPSA) is 34.1 Å². The summed E-state index contributed by atoms with van der Waals surface area (Å²) in [5.41, 5.74) is 2.63. The minimum atomic E-state index is 0.230. The van der Waals surface area contributed by atoms with Gasteiger partial charge in [0.15, 0.2) is 0 Å². The minimum absolute atomic E-state index is 0.230. The van der Waals surface area contributed by atoms with E-state index in [0.717, 1.165) is 31.3 Å². The first-order valence-electron chi connectivity index (χ1n) is 8.60.